The lowest BCUT2D eigenvalue weighted by molar-refractivity contribution is -0.133. The molecule has 106 valence electrons. The molecule has 2 aromatic rings. The van der Waals surface area contributed by atoms with E-state index in [1.807, 2.05) is 6.07 Å². The van der Waals surface area contributed by atoms with Crippen molar-refractivity contribution in [2.45, 2.75) is 37.4 Å². The lowest BCUT2D eigenvalue weighted by Gasteiger charge is -2.07. The van der Waals surface area contributed by atoms with Crippen molar-refractivity contribution in [3.63, 3.8) is 0 Å². The summed E-state index contributed by atoms with van der Waals surface area (Å²) >= 11 is 1.29. The fourth-order valence-corrected chi connectivity index (χ4v) is 3.49. The molecule has 2 unspecified atom stereocenters. The molecular formula is C14H17N3O2S. The quantitative estimate of drug-likeness (QED) is 0.829. The molecule has 1 fully saturated rings. The van der Waals surface area contributed by atoms with Crippen LogP contribution in [0.2, 0.25) is 0 Å². The summed E-state index contributed by atoms with van der Waals surface area (Å²) in [4.78, 5) is 19.4. The van der Waals surface area contributed by atoms with E-state index in [0.717, 1.165) is 16.2 Å². The van der Waals surface area contributed by atoms with Gasteiger partial charge in [0.15, 0.2) is 5.16 Å². The highest BCUT2D eigenvalue weighted by Gasteiger charge is 2.39. The Hall–Kier alpha value is -1.56. The van der Waals surface area contributed by atoms with Gasteiger partial charge in [0.2, 0.25) is 0 Å². The highest BCUT2D eigenvalue weighted by atomic mass is 32.2. The lowest BCUT2D eigenvalue weighted by atomic mass is 10.2. The van der Waals surface area contributed by atoms with Crippen LogP contribution in [0.1, 0.15) is 32.2 Å². The number of carboxylic acid groups (broad SMARTS) is 1. The molecule has 2 aromatic heterocycles. The predicted octanol–water partition coefficient (Wildman–Crippen LogP) is 2.97. The minimum atomic E-state index is -0.812. The number of hydrogen-bond donors (Lipinski definition) is 1. The van der Waals surface area contributed by atoms with Crippen LogP contribution in [0.5, 0.6) is 0 Å². The van der Waals surface area contributed by atoms with Gasteiger partial charge in [-0.25, -0.2) is 4.98 Å². The molecule has 5 nitrogen and oxygen atoms in total. The summed E-state index contributed by atoms with van der Waals surface area (Å²) in [7, 11) is 0. The molecule has 1 aliphatic rings. The molecule has 20 heavy (non-hydrogen) atoms. The number of thioether (sulfide) groups is 1. The van der Waals surface area contributed by atoms with E-state index in [1.54, 1.807) is 12.4 Å². The van der Waals surface area contributed by atoms with Crippen LogP contribution in [0.4, 0.5) is 0 Å². The first-order valence-corrected chi connectivity index (χ1v) is 7.85. The number of aromatic nitrogens is 3. The fourth-order valence-electron chi connectivity index (χ4n) is 2.71. The Kier molecular flexibility index (Phi) is 3.65. The number of nitrogens with zero attached hydrogens (tertiary/aromatic N) is 3. The summed E-state index contributed by atoms with van der Waals surface area (Å²) in [5.41, 5.74) is 1.92. The van der Waals surface area contributed by atoms with Crippen LogP contribution in [0.25, 0.3) is 11.0 Å². The van der Waals surface area contributed by atoms with Gasteiger partial charge in [0.1, 0.15) is 5.52 Å². The monoisotopic (exact) mass is 291 g/mol. The molecule has 0 spiro atoms. The van der Waals surface area contributed by atoms with Gasteiger partial charge in [0.25, 0.3) is 0 Å². The Labute approximate surface area is 121 Å². The minimum absolute atomic E-state index is 0.0436. The third kappa shape index (κ3) is 2.52. The fraction of sp³-hybridized carbons (Fsp3) is 0.500. The highest BCUT2D eigenvalue weighted by Crippen LogP contribution is 2.49. The molecule has 0 bridgehead atoms. The zero-order valence-corrected chi connectivity index (χ0v) is 12.1. The Balaban J connectivity index is 1.94. The van der Waals surface area contributed by atoms with Crippen molar-refractivity contribution in [1.82, 2.24) is 14.5 Å². The molecule has 2 atom stereocenters. The van der Waals surface area contributed by atoms with E-state index in [4.69, 9.17) is 5.11 Å². The molecule has 0 aliphatic heterocycles. The maximum atomic E-state index is 10.8. The number of hydrogen-bond acceptors (Lipinski definition) is 4. The number of aliphatic carboxylic acids is 1. The van der Waals surface area contributed by atoms with Gasteiger partial charge in [-0.1, -0.05) is 25.1 Å². The smallest absolute Gasteiger partial charge is 0.313 e. The lowest BCUT2D eigenvalue weighted by Crippen LogP contribution is -2.03. The van der Waals surface area contributed by atoms with Crippen LogP contribution in [-0.2, 0) is 4.79 Å². The molecular weight excluding hydrogens is 274 g/mol. The summed E-state index contributed by atoms with van der Waals surface area (Å²) in [6.45, 7) is 2.20. The summed E-state index contributed by atoms with van der Waals surface area (Å²) in [5.74, 6) is -0.0653. The van der Waals surface area contributed by atoms with E-state index in [-0.39, 0.29) is 5.75 Å². The Morgan fingerprint density at radius 3 is 3.20 bits per heavy atom. The van der Waals surface area contributed by atoms with Crippen molar-refractivity contribution in [2.24, 2.45) is 5.92 Å². The van der Waals surface area contributed by atoms with Gasteiger partial charge < -0.3 is 9.67 Å². The van der Waals surface area contributed by atoms with Crippen LogP contribution in [0.15, 0.2) is 23.6 Å². The molecule has 1 N–H and O–H groups in total. The molecule has 0 aromatic carbocycles. The van der Waals surface area contributed by atoms with Crippen LogP contribution in [0, 0.1) is 5.92 Å². The van der Waals surface area contributed by atoms with Crippen molar-refractivity contribution in [2.75, 3.05) is 5.75 Å². The largest absolute Gasteiger partial charge is 0.481 e. The third-order valence-corrected chi connectivity index (χ3v) is 4.60. The van der Waals surface area contributed by atoms with Gasteiger partial charge in [-0.05, 0) is 24.8 Å². The van der Waals surface area contributed by atoms with Crippen molar-refractivity contribution < 1.29 is 9.90 Å². The van der Waals surface area contributed by atoms with Crippen molar-refractivity contribution in [1.29, 1.82) is 0 Å². The topological polar surface area (TPSA) is 68.0 Å². The van der Waals surface area contributed by atoms with E-state index in [9.17, 15) is 4.79 Å². The molecule has 0 amide bonds. The summed E-state index contributed by atoms with van der Waals surface area (Å²) < 4.78 is 2.21. The van der Waals surface area contributed by atoms with E-state index in [2.05, 4.69) is 21.5 Å². The first-order chi connectivity index (χ1) is 9.70. The van der Waals surface area contributed by atoms with Gasteiger partial charge in [-0.15, -0.1) is 0 Å². The van der Waals surface area contributed by atoms with Crippen molar-refractivity contribution in [3.05, 3.63) is 18.5 Å². The molecule has 1 saturated carbocycles. The van der Waals surface area contributed by atoms with Crippen LogP contribution in [0.3, 0.4) is 0 Å². The number of fused-ring (bicyclic) bond motifs is 1. The zero-order chi connectivity index (χ0) is 14.1. The van der Waals surface area contributed by atoms with Crippen LogP contribution < -0.4 is 0 Å². The Bertz CT molecular complexity index is 640. The summed E-state index contributed by atoms with van der Waals surface area (Å²) in [5, 5.41) is 9.67. The average molecular weight is 291 g/mol. The van der Waals surface area contributed by atoms with Crippen LogP contribution >= 0.6 is 11.8 Å². The highest BCUT2D eigenvalue weighted by molar-refractivity contribution is 7.99. The molecule has 0 radical (unpaired) electrons. The molecule has 0 saturated heterocycles. The van der Waals surface area contributed by atoms with Crippen molar-refractivity contribution >= 4 is 28.8 Å². The second-order valence-electron chi connectivity index (χ2n) is 5.16. The third-order valence-electron chi connectivity index (χ3n) is 3.66. The van der Waals surface area contributed by atoms with Crippen molar-refractivity contribution in [3.8, 4) is 0 Å². The van der Waals surface area contributed by atoms with Gasteiger partial charge in [-0.3, -0.25) is 9.78 Å². The number of carboxylic acids is 1. The number of pyridine rings is 1. The normalized spacial score (nSPS) is 21.2. The summed E-state index contributed by atoms with van der Waals surface area (Å²) in [6, 6.07) is 2.44. The van der Waals surface area contributed by atoms with Gasteiger partial charge in [0.05, 0.1) is 17.5 Å². The Morgan fingerprint density at radius 2 is 2.45 bits per heavy atom. The van der Waals surface area contributed by atoms with Crippen LogP contribution in [-0.4, -0.2) is 31.4 Å². The molecule has 1 aliphatic carbocycles. The maximum absolute atomic E-state index is 10.8. The van der Waals surface area contributed by atoms with E-state index >= 15 is 0 Å². The number of carbonyl (C=O) groups is 1. The SMILES string of the molecule is CCCC1CC1n1c(SCC(=O)O)nc2cnccc21. The maximum Gasteiger partial charge on any atom is 0.313 e. The molecule has 2 heterocycles. The first-order valence-electron chi connectivity index (χ1n) is 6.87. The number of rotatable bonds is 6. The van der Waals surface area contributed by atoms with Gasteiger partial charge in [0, 0.05) is 12.2 Å². The van der Waals surface area contributed by atoms with Gasteiger partial charge >= 0.3 is 5.97 Å². The van der Waals surface area contributed by atoms with E-state index < -0.39 is 5.97 Å². The average Bonchev–Trinajstić information content (AvgIpc) is 3.07. The number of imidazole rings is 1. The summed E-state index contributed by atoms with van der Waals surface area (Å²) in [6.07, 6.45) is 7.09. The standard InChI is InChI=1S/C14H17N3O2S/c1-2-3-9-6-12(9)17-11-4-5-15-7-10(11)16-14(17)20-8-13(18)19/h4-5,7,9,12H,2-3,6,8H2,1H3,(H,18,19). The van der Waals surface area contributed by atoms with E-state index in [1.165, 1.54) is 31.0 Å². The predicted molar refractivity (Wildman–Crippen MR) is 77.9 cm³/mol. The Morgan fingerprint density at radius 1 is 1.60 bits per heavy atom. The van der Waals surface area contributed by atoms with Gasteiger partial charge in [-0.2, -0.15) is 0 Å². The second-order valence-corrected chi connectivity index (χ2v) is 6.11. The molecule has 6 heteroatoms. The first kappa shape index (κ1) is 13.4. The zero-order valence-electron chi connectivity index (χ0n) is 11.3. The minimum Gasteiger partial charge on any atom is -0.481 e. The second kappa shape index (κ2) is 5.44. The molecule has 3 rings (SSSR count). The van der Waals surface area contributed by atoms with E-state index in [0.29, 0.717) is 12.0 Å².